The lowest BCUT2D eigenvalue weighted by Gasteiger charge is -2.59. The lowest BCUT2D eigenvalue weighted by Crippen LogP contribution is -2.65. The Kier molecular flexibility index (Phi) is 6.43. The molecule has 1 spiro atoms. The zero-order valence-electron chi connectivity index (χ0n) is 21.7. The van der Waals surface area contributed by atoms with Crippen molar-refractivity contribution in [3.05, 3.63) is 114 Å². The Morgan fingerprint density at radius 3 is 1.90 bits per heavy atom. The van der Waals surface area contributed by atoms with Crippen LogP contribution in [0.3, 0.4) is 0 Å². The fraction of sp³-hybridized carbons (Fsp3) is 0.219. The molecule has 2 fully saturated rings. The van der Waals surface area contributed by atoms with E-state index >= 15 is 0 Å². The lowest BCUT2D eigenvalue weighted by molar-refractivity contribution is -0.149. The molecule has 8 heteroatoms. The number of phenolic OH excluding ortho intramolecular Hbond substituents is 1. The molecule has 1 heterocycles. The third-order valence-corrected chi connectivity index (χ3v) is 9.57. The molecule has 4 N–H and O–H groups in total. The molecule has 4 aromatic rings. The van der Waals surface area contributed by atoms with Crippen molar-refractivity contribution in [3.63, 3.8) is 0 Å². The molecule has 1 aliphatic heterocycles. The molecule has 0 bridgehead atoms. The van der Waals surface area contributed by atoms with Crippen LogP contribution in [-0.4, -0.2) is 25.9 Å². The van der Waals surface area contributed by atoms with Gasteiger partial charge in [0.2, 0.25) is 5.91 Å². The molecular weight excluding hydrogens is 525 g/mol. The predicted molar refractivity (Wildman–Crippen MR) is 153 cm³/mol. The van der Waals surface area contributed by atoms with Gasteiger partial charge in [0.25, 0.3) is 0 Å². The van der Waals surface area contributed by atoms with Crippen LogP contribution in [0.5, 0.6) is 5.75 Å². The zero-order chi connectivity index (χ0) is 28.1. The van der Waals surface area contributed by atoms with Gasteiger partial charge in [0.1, 0.15) is 5.75 Å². The van der Waals surface area contributed by atoms with E-state index in [1.165, 1.54) is 12.1 Å². The van der Waals surface area contributed by atoms with Gasteiger partial charge in [0, 0.05) is 11.3 Å². The fourth-order valence-electron chi connectivity index (χ4n) is 6.38. The minimum Gasteiger partial charge on any atom is -0.508 e. The lowest BCUT2D eigenvalue weighted by atomic mass is 9.56. The highest BCUT2D eigenvalue weighted by Gasteiger charge is 2.64. The standard InChI is InChI=1S/C32H30NO6P/c34-28-21-23(22-11-14-26(15-12-22)40(37,38)39)13-16-27(28)29-31(30(35)33(29)25-9-5-2-6-10-25)17-19-32(36,20-18-31)24-7-3-1-4-8-24/h1-16,21,29,34,36H,17-20H2,(H2,37,38,39). The molecular formula is C32H30NO6P. The Morgan fingerprint density at radius 1 is 0.750 bits per heavy atom. The molecule has 7 nitrogen and oxygen atoms in total. The highest BCUT2D eigenvalue weighted by atomic mass is 31.2. The minimum absolute atomic E-state index is 0.00434. The molecule has 204 valence electrons. The topological polar surface area (TPSA) is 118 Å². The van der Waals surface area contributed by atoms with Gasteiger partial charge in [-0.3, -0.25) is 9.36 Å². The summed E-state index contributed by atoms with van der Waals surface area (Å²) in [5, 5.41) is 22.7. The molecule has 1 saturated heterocycles. The van der Waals surface area contributed by atoms with Crippen LogP contribution in [0.4, 0.5) is 5.69 Å². The second-order valence-electron chi connectivity index (χ2n) is 10.8. The summed E-state index contributed by atoms with van der Waals surface area (Å²) in [6.45, 7) is 0. The Hall–Kier alpha value is -3.74. The number of aliphatic hydroxyl groups is 1. The Bertz CT molecular complexity index is 1590. The Morgan fingerprint density at radius 2 is 1.32 bits per heavy atom. The number of carbonyl (C=O) groups excluding carboxylic acids is 1. The monoisotopic (exact) mass is 555 g/mol. The summed E-state index contributed by atoms with van der Waals surface area (Å²) < 4.78 is 11.5. The zero-order valence-corrected chi connectivity index (χ0v) is 22.6. The minimum atomic E-state index is -4.35. The highest BCUT2D eigenvalue weighted by molar-refractivity contribution is 7.60. The Balaban J connectivity index is 1.35. The summed E-state index contributed by atoms with van der Waals surface area (Å²) in [4.78, 5) is 34.4. The number of benzene rings is 4. The van der Waals surface area contributed by atoms with E-state index in [0.717, 1.165) is 11.3 Å². The number of phenols is 1. The first-order chi connectivity index (χ1) is 19.1. The summed E-state index contributed by atoms with van der Waals surface area (Å²) in [5.41, 5.74) is 1.87. The first kappa shape index (κ1) is 26.5. The smallest absolute Gasteiger partial charge is 0.356 e. The van der Waals surface area contributed by atoms with Gasteiger partial charge in [-0.1, -0.05) is 72.8 Å². The number of amides is 1. The van der Waals surface area contributed by atoms with Crippen LogP contribution < -0.4 is 10.2 Å². The molecule has 6 rings (SSSR count). The maximum absolute atomic E-state index is 13.9. The first-order valence-electron chi connectivity index (χ1n) is 13.3. The number of para-hydroxylation sites is 1. The summed E-state index contributed by atoms with van der Waals surface area (Å²) in [7, 11) is -4.35. The fourth-order valence-corrected chi connectivity index (χ4v) is 6.92. The van der Waals surface area contributed by atoms with E-state index in [1.54, 1.807) is 23.1 Å². The van der Waals surface area contributed by atoms with Gasteiger partial charge in [-0.2, -0.15) is 0 Å². The van der Waals surface area contributed by atoms with Crippen LogP contribution in [-0.2, 0) is 15.0 Å². The SMILES string of the molecule is O=C1N(c2ccccc2)C(c2ccc(-c3ccc(P(=O)(O)O)cc3)cc2O)C12CCC(O)(c1ccccc1)CC2. The van der Waals surface area contributed by atoms with Crippen LogP contribution in [0.1, 0.15) is 42.9 Å². The molecule has 1 unspecified atom stereocenters. The molecule has 0 radical (unpaired) electrons. The van der Waals surface area contributed by atoms with E-state index in [9.17, 15) is 29.4 Å². The van der Waals surface area contributed by atoms with Gasteiger partial charge in [-0.15, -0.1) is 0 Å². The second-order valence-corrected chi connectivity index (χ2v) is 12.4. The van der Waals surface area contributed by atoms with Gasteiger partial charge in [0.15, 0.2) is 0 Å². The summed E-state index contributed by atoms with van der Waals surface area (Å²) in [5.74, 6) is 0.0357. The molecule has 2 aliphatic rings. The number of hydrogen-bond donors (Lipinski definition) is 4. The maximum atomic E-state index is 13.9. The van der Waals surface area contributed by atoms with Crippen LogP contribution in [0.15, 0.2) is 103 Å². The number of rotatable bonds is 5. The number of β-lactam (4-membered cyclic amide) rings is 1. The average molecular weight is 556 g/mol. The van der Waals surface area contributed by atoms with E-state index in [1.807, 2.05) is 72.8 Å². The maximum Gasteiger partial charge on any atom is 0.356 e. The number of hydrogen-bond acceptors (Lipinski definition) is 4. The summed E-state index contributed by atoms with van der Waals surface area (Å²) in [6, 6.07) is 29.9. The number of aromatic hydroxyl groups is 1. The van der Waals surface area contributed by atoms with Crippen LogP contribution >= 0.6 is 7.60 Å². The largest absolute Gasteiger partial charge is 0.508 e. The third kappa shape index (κ3) is 4.36. The van der Waals surface area contributed by atoms with E-state index in [0.29, 0.717) is 42.4 Å². The van der Waals surface area contributed by atoms with Crippen LogP contribution in [0.25, 0.3) is 11.1 Å². The van der Waals surface area contributed by atoms with Gasteiger partial charge in [0.05, 0.1) is 22.4 Å². The van der Waals surface area contributed by atoms with Crippen molar-refractivity contribution in [1.82, 2.24) is 0 Å². The van der Waals surface area contributed by atoms with Crippen molar-refractivity contribution in [2.24, 2.45) is 5.41 Å². The Labute approximate surface area is 232 Å². The number of anilines is 1. The second kappa shape index (κ2) is 9.72. The first-order valence-corrected chi connectivity index (χ1v) is 14.9. The molecule has 4 aromatic carbocycles. The third-order valence-electron chi connectivity index (χ3n) is 8.60. The van der Waals surface area contributed by atoms with Gasteiger partial charge in [-0.05, 0) is 72.7 Å². The number of nitrogens with zero attached hydrogens (tertiary/aromatic N) is 1. The van der Waals surface area contributed by atoms with E-state index in [2.05, 4.69) is 0 Å². The van der Waals surface area contributed by atoms with Gasteiger partial charge < -0.3 is 24.9 Å². The molecule has 1 saturated carbocycles. The normalized spacial score (nSPS) is 24.6. The predicted octanol–water partition coefficient (Wildman–Crippen LogP) is 5.40. The van der Waals surface area contributed by atoms with Crippen LogP contribution in [0.2, 0.25) is 0 Å². The molecule has 40 heavy (non-hydrogen) atoms. The van der Waals surface area contributed by atoms with Crippen LogP contribution in [0, 0.1) is 5.41 Å². The molecule has 1 atom stereocenters. The van der Waals surface area contributed by atoms with E-state index in [4.69, 9.17) is 0 Å². The molecule has 0 aromatic heterocycles. The van der Waals surface area contributed by atoms with Crippen molar-refractivity contribution in [2.75, 3.05) is 4.90 Å². The molecule has 1 amide bonds. The van der Waals surface area contributed by atoms with Crippen molar-refractivity contribution < 1.29 is 29.4 Å². The van der Waals surface area contributed by atoms with E-state index in [-0.39, 0.29) is 17.0 Å². The van der Waals surface area contributed by atoms with E-state index < -0.39 is 24.7 Å². The van der Waals surface area contributed by atoms with Crippen molar-refractivity contribution in [2.45, 2.75) is 37.3 Å². The van der Waals surface area contributed by atoms with Crippen molar-refractivity contribution in [3.8, 4) is 16.9 Å². The average Bonchev–Trinajstić information content (AvgIpc) is 2.97. The highest BCUT2D eigenvalue weighted by Crippen LogP contribution is 2.62. The quantitative estimate of drug-likeness (QED) is 0.194. The molecule has 1 aliphatic carbocycles. The van der Waals surface area contributed by atoms with Crippen molar-refractivity contribution >= 4 is 24.5 Å². The summed E-state index contributed by atoms with van der Waals surface area (Å²) >= 11 is 0. The van der Waals surface area contributed by atoms with Crippen molar-refractivity contribution in [1.29, 1.82) is 0 Å². The number of carbonyl (C=O) groups is 1. The summed E-state index contributed by atoms with van der Waals surface area (Å²) in [6.07, 6.45) is 1.84. The van der Waals surface area contributed by atoms with Gasteiger partial charge in [-0.25, -0.2) is 0 Å². The van der Waals surface area contributed by atoms with Gasteiger partial charge >= 0.3 is 7.60 Å².